The van der Waals surface area contributed by atoms with Gasteiger partial charge in [-0.05, 0) is 18.6 Å². The molecule has 1 fully saturated rings. The van der Waals surface area contributed by atoms with Crippen molar-refractivity contribution < 1.29 is 13.5 Å². The van der Waals surface area contributed by atoms with Gasteiger partial charge in [0.2, 0.25) is 0 Å². The number of amidine groups is 1. The van der Waals surface area contributed by atoms with Gasteiger partial charge in [0, 0.05) is 18.7 Å². The van der Waals surface area contributed by atoms with Crippen LogP contribution in [0.2, 0.25) is 0 Å². The van der Waals surface area contributed by atoms with E-state index in [9.17, 15) is 13.5 Å². The molecular weight excluding hydrogens is 240 g/mol. The minimum Gasteiger partial charge on any atom is -0.391 e. The molecular formula is C11H12N2O3S. The van der Waals surface area contributed by atoms with Gasteiger partial charge < -0.3 is 10.0 Å². The molecule has 1 atom stereocenters. The molecule has 0 aliphatic carbocycles. The van der Waals surface area contributed by atoms with Crippen molar-refractivity contribution in [1.82, 2.24) is 4.90 Å². The third-order valence-electron chi connectivity index (χ3n) is 3.08. The average Bonchev–Trinajstić information content (AvgIpc) is 2.82. The minimum absolute atomic E-state index is 0.261. The summed E-state index contributed by atoms with van der Waals surface area (Å²) in [6.45, 7) is 1.09. The third-order valence-corrected chi connectivity index (χ3v) is 4.40. The van der Waals surface area contributed by atoms with Crippen LogP contribution in [0.25, 0.3) is 0 Å². The molecule has 1 aromatic rings. The van der Waals surface area contributed by atoms with Gasteiger partial charge in [0.1, 0.15) is 4.90 Å². The highest BCUT2D eigenvalue weighted by molar-refractivity contribution is 7.90. The summed E-state index contributed by atoms with van der Waals surface area (Å²) < 4.78 is 27.5. The van der Waals surface area contributed by atoms with E-state index in [-0.39, 0.29) is 4.90 Å². The summed E-state index contributed by atoms with van der Waals surface area (Å²) in [5.41, 5.74) is 0.640. The molecule has 2 aliphatic rings. The lowest BCUT2D eigenvalue weighted by Crippen LogP contribution is -2.29. The molecule has 0 saturated carbocycles. The molecule has 0 spiro atoms. The normalized spacial score (nSPS) is 25.8. The molecule has 2 heterocycles. The lowest BCUT2D eigenvalue weighted by atomic mass is 10.2. The van der Waals surface area contributed by atoms with E-state index in [1.54, 1.807) is 24.3 Å². The van der Waals surface area contributed by atoms with Crippen LogP contribution < -0.4 is 0 Å². The van der Waals surface area contributed by atoms with E-state index in [2.05, 4.69) is 4.40 Å². The summed E-state index contributed by atoms with van der Waals surface area (Å²) in [4.78, 5) is 2.09. The van der Waals surface area contributed by atoms with E-state index in [0.717, 1.165) is 0 Å². The quantitative estimate of drug-likeness (QED) is 0.716. The Bertz CT molecular complexity index is 594. The Hall–Kier alpha value is -1.40. The fourth-order valence-corrected chi connectivity index (χ4v) is 3.48. The van der Waals surface area contributed by atoms with E-state index in [1.807, 2.05) is 4.90 Å². The average molecular weight is 252 g/mol. The fraction of sp³-hybridized carbons (Fsp3) is 0.364. The SMILES string of the molecule is O=S1(=O)N=C(N2CC[C@H](O)C2)c2ccccc21. The molecule has 0 unspecified atom stereocenters. The molecule has 17 heavy (non-hydrogen) atoms. The Labute approximate surface area is 99.5 Å². The Morgan fingerprint density at radius 3 is 2.82 bits per heavy atom. The number of hydrogen-bond donors (Lipinski definition) is 1. The summed E-state index contributed by atoms with van der Waals surface area (Å²) in [6, 6.07) is 6.80. The van der Waals surface area contributed by atoms with Crippen molar-refractivity contribution in [1.29, 1.82) is 0 Å². The second-order valence-electron chi connectivity index (χ2n) is 4.27. The number of likely N-dealkylation sites (tertiary alicyclic amines) is 1. The second kappa shape index (κ2) is 3.54. The fourth-order valence-electron chi connectivity index (χ4n) is 2.25. The number of fused-ring (bicyclic) bond motifs is 1. The molecule has 90 valence electrons. The van der Waals surface area contributed by atoms with E-state index in [1.165, 1.54) is 0 Å². The number of aliphatic hydroxyl groups is 1. The van der Waals surface area contributed by atoms with Crippen molar-refractivity contribution in [3.8, 4) is 0 Å². The van der Waals surface area contributed by atoms with Gasteiger partial charge in [-0.1, -0.05) is 12.1 Å². The van der Waals surface area contributed by atoms with E-state index >= 15 is 0 Å². The van der Waals surface area contributed by atoms with Crippen LogP contribution in [0.1, 0.15) is 12.0 Å². The van der Waals surface area contributed by atoms with Gasteiger partial charge in [-0.3, -0.25) is 0 Å². The zero-order valence-electron chi connectivity index (χ0n) is 9.07. The molecule has 0 radical (unpaired) electrons. The van der Waals surface area contributed by atoms with Crippen molar-refractivity contribution in [3.05, 3.63) is 29.8 Å². The van der Waals surface area contributed by atoms with Crippen molar-refractivity contribution in [2.24, 2.45) is 4.40 Å². The standard InChI is InChI=1S/C11H12N2O3S/c14-8-5-6-13(7-8)11-9-3-1-2-4-10(9)17(15,16)12-11/h1-4,8,14H,5-7H2/t8-/m0/s1. The maximum Gasteiger partial charge on any atom is 0.285 e. The number of rotatable bonds is 0. The van der Waals surface area contributed by atoms with Crippen molar-refractivity contribution in [3.63, 3.8) is 0 Å². The first kappa shape index (κ1) is 10.7. The van der Waals surface area contributed by atoms with Crippen LogP contribution in [-0.4, -0.2) is 43.5 Å². The molecule has 1 saturated heterocycles. The first-order chi connectivity index (χ1) is 8.08. The maximum absolute atomic E-state index is 11.8. The van der Waals surface area contributed by atoms with Gasteiger partial charge in [0.15, 0.2) is 5.84 Å². The topological polar surface area (TPSA) is 70.0 Å². The molecule has 6 heteroatoms. The van der Waals surface area contributed by atoms with Crippen LogP contribution in [0.3, 0.4) is 0 Å². The van der Waals surface area contributed by atoms with Crippen LogP contribution in [0.4, 0.5) is 0 Å². The molecule has 0 amide bonds. The Kier molecular flexibility index (Phi) is 2.24. The number of hydrogen-bond acceptors (Lipinski definition) is 4. The van der Waals surface area contributed by atoms with E-state index < -0.39 is 16.1 Å². The molecule has 3 rings (SSSR count). The number of nitrogens with zero attached hydrogens (tertiary/aromatic N) is 2. The minimum atomic E-state index is -3.55. The highest BCUT2D eigenvalue weighted by atomic mass is 32.2. The Morgan fingerprint density at radius 2 is 2.12 bits per heavy atom. The summed E-state index contributed by atoms with van der Waals surface area (Å²) in [6.07, 6.45) is 0.259. The Morgan fingerprint density at radius 1 is 1.35 bits per heavy atom. The van der Waals surface area contributed by atoms with Crippen LogP contribution >= 0.6 is 0 Å². The molecule has 5 nitrogen and oxygen atoms in total. The molecule has 2 aliphatic heterocycles. The number of sulfonamides is 1. The van der Waals surface area contributed by atoms with Crippen LogP contribution in [0.15, 0.2) is 33.6 Å². The smallest absolute Gasteiger partial charge is 0.285 e. The number of benzene rings is 1. The molecule has 1 N–H and O–H groups in total. The largest absolute Gasteiger partial charge is 0.391 e. The van der Waals surface area contributed by atoms with Gasteiger partial charge in [0.25, 0.3) is 10.0 Å². The predicted octanol–water partition coefficient (Wildman–Crippen LogP) is 0.202. The predicted molar refractivity (Wildman–Crippen MR) is 62.4 cm³/mol. The van der Waals surface area contributed by atoms with Crippen molar-refractivity contribution in [2.45, 2.75) is 17.4 Å². The van der Waals surface area contributed by atoms with Gasteiger partial charge in [-0.15, -0.1) is 4.40 Å². The summed E-state index contributed by atoms with van der Waals surface area (Å²) >= 11 is 0. The van der Waals surface area contributed by atoms with E-state index in [4.69, 9.17) is 0 Å². The summed E-state index contributed by atoms with van der Waals surface area (Å²) in [7, 11) is -3.55. The van der Waals surface area contributed by atoms with Crippen LogP contribution in [0, 0.1) is 0 Å². The first-order valence-electron chi connectivity index (χ1n) is 5.45. The Balaban J connectivity index is 2.08. The first-order valence-corrected chi connectivity index (χ1v) is 6.89. The van der Waals surface area contributed by atoms with Crippen LogP contribution in [-0.2, 0) is 10.0 Å². The zero-order valence-corrected chi connectivity index (χ0v) is 9.89. The van der Waals surface area contributed by atoms with Gasteiger partial charge in [0.05, 0.1) is 6.10 Å². The zero-order chi connectivity index (χ0) is 12.0. The molecule has 0 aromatic heterocycles. The maximum atomic E-state index is 11.8. The number of aliphatic hydroxyl groups excluding tert-OH is 1. The third kappa shape index (κ3) is 1.64. The van der Waals surface area contributed by atoms with Gasteiger partial charge in [-0.25, -0.2) is 0 Å². The monoisotopic (exact) mass is 252 g/mol. The number of β-amino-alcohol motifs (C(OH)–C–C–N with tert-alkyl or cyclic N) is 1. The van der Waals surface area contributed by atoms with E-state index in [0.29, 0.717) is 30.9 Å². The highest BCUT2D eigenvalue weighted by Crippen LogP contribution is 2.28. The highest BCUT2D eigenvalue weighted by Gasteiger charge is 2.34. The molecule has 0 bridgehead atoms. The summed E-state index contributed by atoms with van der Waals surface area (Å²) in [5.74, 6) is 0.470. The second-order valence-corrected chi connectivity index (χ2v) is 5.85. The lowest BCUT2D eigenvalue weighted by Gasteiger charge is -2.17. The summed E-state index contributed by atoms with van der Waals surface area (Å²) in [5, 5.41) is 9.49. The lowest BCUT2D eigenvalue weighted by molar-refractivity contribution is 0.188. The van der Waals surface area contributed by atoms with Crippen LogP contribution in [0.5, 0.6) is 0 Å². The van der Waals surface area contributed by atoms with Gasteiger partial charge >= 0.3 is 0 Å². The van der Waals surface area contributed by atoms with Crippen molar-refractivity contribution in [2.75, 3.05) is 13.1 Å². The molecule has 1 aromatic carbocycles. The van der Waals surface area contributed by atoms with Crippen molar-refractivity contribution >= 4 is 15.9 Å². The van der Waals surface area contributed by atoms with Gasteiger partial charge in [-0.2, -0.15) is 8.42 Å².